The molecule has 4 aliphatic carbocycles. The van der Waals surface area contributed by atoms with Gasteiger partial charge >= 0.3 is 0 Å². The molecular formula is C27H47NO. The van der Waals surface area contributed by atoms with Crippen LogP contribution in [0.4, 0.5) is 0 Å². The fourth-order valence-corrected chi connectivity index (χ4v) is 8.66. The summed E-state index contributed by atoms with van der Waals surface area (Å²) >= 11 is 0. The lowest BCUT2D eigenvalue weighted by Gasteiger charge is -2.58. The molecule has 166 valence electrons. The number of hydrogen-bond acceptors (Lipinski definition) is 2. The van der Waals surface area contributed by atoms with Gasteiger partial charge in [0.1, 0.15) is 0 Å². The first kappa shape index (κ1) is 21.9. The molecule has 0 spiro atoms. The number of aliphatic hydroxyl groups is 1. The van der Waals surface area contributed by atoms with E-state index in [1.165, 1.54) is 57.8 Å². The third kappa shape index (κ3) is 3.75. The van der Waals surface area contributed by atoms with Crippen LogP contribution in [0.15, 0.2) is 11.6 Å². The largest absolute Gasteiger partial charge is 0.390 e. The number of nitrogens with one attached hydrogen (secondary N) is 1. The SMILES string of the molecule is CN[C@H]1CC[C@@]2(C)C(=CCC3C2CC[C@@]2(C)C3CC[C@@H]2C(C)CCC(C)(C)O)C1. The molecule has 4 unspecified atom stereocenters. The minimum atomic E-state index is -0.518. The Morgan fingerprint density at radius 1 is 1.14 bits per heavy atom. The van der Waals surface area contributed by atoms with Crippen LogP contribution in [-0.2, 0) is 0 Å². The van der Waals surface area contributed by atoms with E-state index in [0.29, 0.717) is 16.9 Å². The molecule has 2 N–H and O–H groups in total. The molecule has 8 atom stereocenters. The second kappa shape index (κ2) is 7.66. The van der Waals surface area contributed by atoms with Crippen LogP contribution in [0.2, 0.25) is 0 Å². The first-order valence-corrected chi connectivity index (χ1v) is 12.7. The summed E-state index contributed by atoms with van der Waals surface area (Å²) < 4.78 is 0. The van der Waals surface area contributed by atoms with Gasteiger partial charge in [0, 0.05) is 6.04 Å². The van der Waals surface area contributed by atoms with Crippen molar-refractivity contribution in [3.63, 3.8) is 0 Å². The van der Waals surface area contributed by atoms with Gasteiger partial charge in [-0.1, -0.05) is 32.4 Å². The summed E-state index contributed by atoms with van der Waals surface area (Å²) in [4.78, 5) is 0. The highest BCUT2D eigenvalue weighted by Gasteiger charge is 2.59. The van der Waals surface area contributed by atoms with Crippen molar-refractivity contribution in [2.45, 2.75) is 110 Å². The zero-order valence-electron chi connectivity index (χ0n) is 20.1. The van der Waals surface area contributed by atoms with E-state index in [1.54, 1.807) is 5.57 Å². The lowest BCUT2D eigenvalue weighted by Crippen LogP contribution is -2.51. The van der Waals surface area contributed by atoms with E-state index < -0.39 is 5.60 Å². The quantitative estimate of drug-likeness (QED) is 0.527. The maximum absolute atomic E-state index is 10.2. The predicted octanol–water partition coefficient (Wildman–Crippen LogP) is 6.34. The normalized spacial score (nSPS) is 45.8. The van der Waals surface area contributed by atoms with Gasteiger partial charge in [0.05, 0.1) is 5.60 Å². The Labute approximate surface area is 180 Å². The summed E-state index contributed by atoms with van der Waals surface area (Å²) in [6.45, 7) is 11.7. The highest BCUT2D eigenvalue weighted by Crippen LogP contribution is 2.67. The van der Waals surface area contributed by atoms with Gasteiger partial charge in [0.2, 0.25) is 0 Å². The molecule has 2 heteroatoms. The van der Waals surface area contributed by atoms with Gasteiger partial charge in [-0.3, -0.25) is 0 Å². The van der Waals surface area contributed by atoms with E-state index in [1.807, 2.05) is 13.8 Å². The summed E-state index contributed by atoms with van der Waals surface area (Å²) in [7, 11) is 2.14. The van der Waals surface area contributed by atoms with Crippen molar-refractivity contribution < 1.29 is 5.11 Å². The molecule has 0 bridgehead atoms. The Hall–Kier alpha value is -0.340. The molecule has 0 heterocycles. The first-order valence-electron chi connectivity index (χ1n) is 12.7. The molecular weight excluding hydrogens is 354 g/mol. The maximum Gasteiger partial charge on any atom is 0.0591 e. The van der Waals surface area contributed by atoms with Crippen LogP contribution in [-0.4, -0.2) is 23.8 Å². The van der Waals surface area contributed by atoms with Gasteiger partial charge in [0.25, 0.3) is 0 Å². The van der Waals surface area contributed by atoms with Crippen molar-refractivity contribution in [3.8, 4) is 0 Å². The molecule has 0 radical (unpaired) electrons. The summed E-state index contributed by atoms with van der Waals surface area (Å²) in [5.74, 6) is 4.36. The van der Waals surface area contributed by atoms with Crippen molar-refractivity contribution in [1.82, 2.24) is 5.32 Å². The van der Waals surface area contributed by atoms with Crippen LogP contribution in [0.25, 0.3) is 0 Å². The summed E-state index contributed by atoms with van der Waals surface area (Å²) in [6, 6.07) is 0.701. The van der Waals surface area contributed by atoms with Crippen molar-refractivity contribution >= 4 is 0 Å². The van der Waals surface area contributed by atoms with Crippen molar-refractivity contribution in [2.75, 3.05) is 7.05 Å². The highest BCUT2D eigenvalue weighted by atomic mass is 16.3. The average Bonchev–Trinajstić information content (AvgIpc) is 3.02. The van der Waals surface area contributed by atoms with E-state index in [9.17, 15) is 5.11 Å². The number of rotatable bonds is 5. The standard InChI is InChI=1S/C27H47NO/c1-18(11-14-25(2,3)29)22-9-10-23-21-8-7-19-17-20(28-6)12-15-26(19,4)24(21)13-16-27(22,23)5/h7,18,20-24,28-29H,8-17H2,1-6H3/t18?,20-,21?,22+,23?,24?,26-,27+/m0/s1. The van der Waals surface area contributed by atoms with Crippen LogP contribution in [0.3, 0.4) is 0 Å². The summed E-state index contributed by atoms with van der Waals surface area (Å²) in [6.07, 6.45) is 15.9. The number of allylic oxidation sites excluding steroid dienone is 1. The second-order valence-corrected chi connectivity index (χ2v) is 12.5. The van der Waals surface area contributed by atoms with E-state index in [2.05, 4.69) is 39.2 Å². The Morgan fingerprint density at radius 2 is 1.90 bits per heavy atom. The molecule has 0 amide bonds. The molecule has 4 rings (SSSR count). The molecule has 2 nitrogen and oxygen atoms in total. The topological polar surface area (TPSA) is 32.3 Å². The van der Waals surface area contributed by atoms with E-state index in [0.717, 1.165) is 36.0 Å². The smallest absolute Gasteiger partial charge is 0.0591 e. The van der Waals surface area contributed by atoms with Crippen LogP contribution in [0, 0.1) is 40.4 Å². The molecule has 0 aliphatic heterocycles. The molecule has 29 heavy (non-hydrogen) atoms. The number of fused-ring (bicyclic) bond motifs is 5. The van der Waals surface area contributed by atoms with Gasteiger partial charge in [-0.05, 0) is 126 Å². The van der Waals surface area contributed by atoms with E-state index in [4.69, 9.17) is 0 Å². The van der Waals surface area contributed by atoms with Crippen LogP contribution in [0.5, 0.6) is 0 Å². The number of hydrogen-bond donors (Lipinski definition) is 2. The van der Waals surface area contributed by atoms with Gasteiger partial charge in [-0.15, -0.1) is 0 Å². The summed E-state index contributed by atoms with van der Waals surface area (Å²) in [5.41, 5.74) is 2.28. The fraction of sp³-hybridized carbons (Fsp3) is 0.926. The molecule has 0 aromatic rings. The molecule has 4 aliphatic rings. The summed E-state index contributed by atoms with van der Waals surface area (Å²) in [5, 5.41) is 13.8. The maximum atomic E-state index is 10.2. The Kier molecular flexibility index (Phi) is 5.78. The van der Waals surface area contributed by atoms with E-state index >= 15 is 0 Å². The third-order valence-corrected chi connectivity index (χ3v) is 10.5. The molecule has 0 aromatic carbocycles. The van der Waals surface area contributed by atoms with Crippen LogP contribution in [0.1, 0.15) is 98.8 Å². The minimum Gasteiger partial charge on any atom is -0.390 e. The van der Waals surface area contributed by atoms with Gasteiger partial charge in [-0.2, -0.15) is 0 Å². The fourth-order valence-electron chi connectivity index (χ4n) is 8.66. The lowest BCUT2D eigenvalue weighted by molar-refractivity contribution is -0.0528. The van der Waals surface area contributed by atoms with Crippen molar-refractivity contribution in [1.29, 1.82) is 0 Å². The molecule has 3 saturated carbocycles. The monoisotopic (exact) mass is 401 g/mol. The van der Waals surface area contributed by atoms with Gasteiger partial charge in [0.15, 0.2) is 0 Å². The molecule has 3 fully saturated rings. The van der Waals surface area contributed by atoms with Crippen LogP contribution < -0.4 is 5.32 Å². The second-order valence-electron chi connectivity index (χ2n) is 12.5. The lowest BCUT2D eigenvalue weighted by atomic mass is 9.47. The van der Waals surface area contributed by atoms with Crippen molar-refractivity contribution in [3.05, 3.63) is 11.6 Å². The van der Waals surface area contributed by atoms with E-state index in [-0.39, 0.29) is 0 Å². The first-order chi connectivity index (χ1) is 13.6. The Balaban J connectivity index is 1.51. The zero-order chi connectivity index (χ0) is 21.0. The predicted molar refractivity (Wildman–Crippen MR) is 123 cm³/mol. The van der Waals surface area contributed by atoms with Gasteiger partial charge in [-0.25, -0.2) is 0 Å². The Bertz CT molecular complexity index is 633. The van der Waals surface area contributed by atoms with Gasteiger partial charge < -0.3 is 10.4 Å². The van der Waals surface area contributed by atoms with Crippen molar-refractivity contribution in [2.24, 2.45) is 40.4 Å². The third-order valence-electron chi connectivity index (χ3n) is 10.5. The Morgan fingerprint density at radius 3 is 2.59 bits per heavy atom. The van der Waals surface area contributed by atoms with Crippen LogP contribution >= 0.6 is 0 Å². The average molecular weight is 402 g/mol. The highest BCUT2D eigenvalue weighted by molar-refractivity contribution is 5.25. The zero-order valence-corrected chi connectivity index (χ0v) is 20.1. The molecule has 0 saturated heterocycles. The minimum absolute atomic E-state index is 0.474. The molecule has 0 aromatic heterocycles.